The van der Waals surface area contributed by atoms with Gasteiger partial charge in [-0.25, -0.2) is 4.79 Å². The summed E-state index contributed by atoms with van der Waals surface area (Å²) >= 11 is 0. The molecule has 42 heavy (non-hydrogen) atoms. The topological polar surface area (TPSA) is 135 Å². The summed E-state index contributed by atoms with van der Waals surface area (Å²) in [4.78, 5) is 38.3. The number of anilines is 1. The molecule has 1 amide bonds. The maximum atomic E-state index is 13.6. The van der Waals surface area contributed by atoms with Crippen LogP contribution in [0.1, 0.15) is 21.6 Å². The Balaban J connectivity index is 1.60. The lowest BCUT2D eigenvalue weighted by Gasteiger charge is -2.09. The number of nitrogens with zero attached hydrogens (tertiary/aromatic N) is 4. The second-order valence-corrected chi connectivity index (χ2v) is 9.06. The second kappa shape index (κ2) is 12.5. The predicted octanol–water partition coefficient (Wildman–Crippen LogP) is 7.01. The molecule has 0 spiro atoms. The van der Waals surface area contributed by atoms with Crippen LogP contribution in [0.2, 0.25) is 0 Å². The van der Waals surface area contributed by atoms with Crippen molar-refractivity contribution >= 4 is 34.8 Å². The Morgan fingerprint density at radius 3 is 2.19 bits per heavy atom. The number of carbonyl (C=O) groups excluding carboxylic acids is 2. The molecule has 208 valence electrons. The van der Waals surface area contributed by atoms with Crippen LogP contribution in [0.4, 0.5) is 17.1 Å². The fraction of sp³-hybridized carbons (Fsp3) is 0.0625. The largest absolute Gasteiger partial charge is 0.497 e. The number of nitrogens with one attached hydrogen (secondary N) is 1. The number of methoxy groups -OCH3 is 1. The van der Waals surface area contributed by atoms with Gasteiger partial charge in [0.25, 0.3) is 5.91 Å². The Hall–Kier alpha value is -5.90. The molecule has 0 atom stereocenters. The highest BCUT2D eigenvalue weighted by Crippen LogP contribution is 2.40. The molecule has 1 aromatic heterocycles. The minimum absolute atomic E-state index is 0.0264. The van der Waals surface area contributed by atoms with Gasteiger partial charge >= 0.3 is 5.97 Å². The molecule has 0 saturated carbocycles. The monoisotopic (exact) mass is 559 g/mol. The van der Waals surface area contributed by atoms with Gasteiger partial charge < -0.3 is 15.2 Å². The molecule has 0 unspecified atom stereocenters. The third kappa shape index (κ3) is 6.13. The van der Waals surface area contributed by atoms with Gasteiger partial charge in [0, 0.05) is 22.9 Å². The van der Waals surface area contributed by atoms with Crippen LogP contribution in [0, 0.1) is 0 Å². The molecule has 4 aromatic carbocycles. The van der Waals surface area contributed by atoms with E-state index in [-0.39, 0.29) is 16.9 Å². The van der Waals surface area contributed by atoms with E-state index < -0.39 is 24.2 Å². The highest BCUT2D eigenvalue weighted by molar-refractivity contribution is 6.06. The van der Waals surface area contributed by atoms with Crippen molar-refractivity contribution in [2.24, 2.45) is 10.2 Å². The smallest absolute Gasteiger partial charge is 0.337 e. The zero-order chi connectivity index (χ0) is 29.5. The van der Waals surface area contributed by atoms with Crippen LogP contribution >= 0.6 is 0 Å². The first-order valence-electron chi connectivity index (χ1n) is 12.9. The Morgan fingerprint density at radius 2 is 1.50 bits per heavy atom. The molecule has 5 rings (SSSR count). The Morgan fingerprint density at radius 1 is 0.833 bits per heavy atom. The van der Waals surface area contributed by atoms with Gasteiger partial charge in [-0.2, -0.15) is 9.78 Å². The van der Waals surface area contributed by atoms with Crippen LogP contribution in [-0.2, 0) is 4.79 Å². The molecule has 0 bridgehead atoms. The predicted molar refractivity (Wildman–Crippen MR) is 158 cm³/mol. The molecule has 5 aromatic rings. The van der Waals surface area contributed by atoms with E-state index in [0.717, 1.165) is 4.68 Å². The summed E-state index contributed by atoms with van der Waals surface area (Å²) in [5, 5.41) is 25.7. The van der Waals surface area contributed by atoms with E-state index in [9.17, 15) is 19.5 Å². The van der Waals surface area contributed by atoms with Crippen molar-refractivity contribution in [3.63, 3.8) is 0 Å². The van der Waals surface area contributed by atoms with Gasteiger partial charge in [0.2, 0.25) is 5.91 Å². The molecular weight excluding hydrogens is 534 g/mol. The van der Waals surface area contributed by atoms with Crippen molar-refractivity contribution in [2.75, 3.05) is 12.4 Å². The summed E-state index contributed by atoms with van der Waals surface area (Å²) in [5.41, 5.74) is 2.75. The fourth-order valence-corrected chi connectivity index (χ4v) is 4.29. The van der Waals surface area contributed by atoms with Crippen LogP contribution in [0.15, 0.2) is 119 Å². The maximum Gasteiger partial charge on any atom is 0.337 e. The van der Waals surface area contributed by atoms with Crippen LogP contribution in [-0.4, -0.2) is 39.8 Å². The Labute approximate surface area is 240 Å². The summed E-state index contributed by atoms with van der Waals surface area (Å²) in [5.74, 6) is -1.73. The van der Waals surface area contributed by atoms with Gasteiger partial charge in [0.15, 0.2) is 0 Å². The number of amides is 1. The molecule has 1 heterocycles. The summed E-state index contributed by atoms with van der Waals surface area (Å²) in [6, 6.07) is 31.1. The van der Waals surface area contributed by atoms with Crippen molar-refractivity contribution in [1.29, 1.82) is 0 Å². The highest BCUT2D eigenvalue weighted by Gasteiger charge is 2.26. The van der Waals surface area contributed by atoms with E-state index in [0.29, 0.717) is 34.0 Å². The Kier molecular flexibility index (Phi) is 8.24. The van der Waals surface area contributed by atoms with Crippen molar-refractivity contribution < 1.29 is 24.2 Å². The normalized spacial score (nSPS) is 10.9. The first-order valence-corrected chi connectivity index (χ1v) is 12.9. The van der Waals surface area contributed by atoms with Crippen molar-refractivity contribution in [2.45, 2.75) is 6.42 Å². The fourth-order valence-electron chi connectivity index (χ4n) is 4.29. The molecule has 2 N–H and O–H groups in total. The third-order valence-corrected chi connectivity index (χ3v) is 6.25. The number of carbonyl (C=O) groups is 3. The standard InChI is InChI=1S/C32H25N5O5/c1-42-24-16-10-15-23(19-24)33-27(38)20-28(39)37-31(22-13-6-3-7-14-22)30(29(36-37)21-11-4-2-5-12-21)35-34-26-18-9-8-17-25(26)32(40)41/h2-19H,20H2,1H3,(H,33,38)(H,40,41). The van der Waals surface area contributed by atoms with Gasteiger partial charge in [-0.15, -0.1) is 10.2 Å². The molecular formula is C32H25N5O5. The molecule has 0 aliphatic carbocycles. The molecule has 10 heteroatoms. The van der Waals surface area contributed by atoms with Crippen LogP contribution < -0.4 is 10.1 Å². The minimum Gasteiger partial charge on any atom is -0.497 e. The Bertz CT molecular complexity index is 1780. The average Bonchev–Trinajstić information content (AvgIpc) is 3.40. The first-order chi connectivity index (χ1) is 20.4. The number of carboxylic acid groups (broad SMARTS) is 1. The number of hydrogen-bond acceptors (Lipinski definition) is 7. The molecule has 0 fully saturated rings. The van der Waals surface area contributed by atoms with Crippen LogP contribution in [0.3, 0.4) is 0 Å². The number of aromatic carboxylic acids is 1. The van der Waals surface area contributed by atoms with E-state index in [1.165, 1.54) is 19.2 Å². The number of aromatic nitrogens is 2. The third-order valence-electron chi connectivity index (χ3n) is 6.25. The average molecular weight is 560 g/mol. The summed E-state index contributed by atoms with van der Waals surface area (Å²) < 4.78 is 6.35. The number of ether oxygens (including phenoxy) is 1. The lowest BCUT2D eigenvalue weighted by atomic mass is 10.1. The van der Waals surface area contributed by atoms with Gasteiger partial charge in [0.1, 0.15) is 34.9 Å². The number of benzene rings is 4. The summed E-state index contributed by atoms with van der Waals surface area (Å²) in [6.07, 6.45) is -0.509. The number of azo groups is 1. The van der Waals surface area contributed by atoms with Crippen molar-refractivity contribution in [1.82, 2.24) is 9.78 Å². The summed E-state index contributed by atoms with van der Waals surface area (Å²) in [7, 11) is 1.52. The van der Waals surface area contributed by atoms with Gasteiger partial charge in [-0.1, -0.05) is 78.9 Å². The van der Waals surface area contributed by atoms with E-state index in [1.54, 1.807) is 60.7 Å². The molecule has 0 aliphatic heterocycles. The molecule has 10 nitrogen and oxygen atoms in total. The van der Waals surface area contributed by atoms with Crippen LogP contribution in [0.25, 0.3) is 22.5 Å². The molecule has 0 saturated heterocycles. The lowest BCUT2D eigenvalue weighted by molar-refractivity contribution is -0.115. The molecule has 0 radical (unpaired) electrons. The quantitative estimate of drug-likeness (QED) is 0.147. The number of carboxylic acids is 1. The number of hydrogen-bond donors (Lipinski definition) is 2. The lowest BCUT2D eigenvalue weighted by Crippen LogP contribution is -2.22. The number of rotatable bonds is 9. The van der Waals surface area contributed by atoms with Crippen LogP contribution in [0.5, 0.6) is 5.75 Å². The summed E-state index contributed by atoms with van der Waals surface area (Å²) in [6.45, 7) is 0. The van der Waals surface area contributed by atoms with Gasteiger partial charge in [-0.3, -0.25) is 9.59 Å². The zero-order valence-electron chi connectivity index (χ0n) is 22.5. The maximum absolute atomic E-state index is 13.6. The molecule has 0 aliphatic rings. The van der Waals surface area contributed by atoms with Crippen molar-refractivity contribution in [3.05, 3.63) is 115 Å². The van der Waals surface area contributed by atoms with E-state index in [4.69, 9.17) is 4.74 Å². The zero-order valence-corrected chi connectivity index (χ0v) is 22.5. The highest BCUT2D eigenvalue weighted by atomic mass is 16.5. The SMILES string of the molecule is COc1cccc(NC(=O)CC(=O)n2nc(-c3ccccc3)c(N=Nc3ccccc3C(=O)O)c2-c2ccccc2)c1. The second-order valence-electron chi connectivity index (χ2n) is 9.06. The van der Waals surface area contributed by atoms with Gasteiger partial charge in [0.05, 0.1) is 12.7 Å². The minimum atomic E-state index is -1.15. The van der Waals surface area contributed by atoms with E-state index in [1.807, 2.05) is 36.4 Å². The van der Waals surface area contributed by atoms with Crippen molar-refractivity contribution in [3.8, 4) is 28.3 Å². The van der Waals surface area contributed by atoms with Gasteiger partial charge in [-0.05, 0) is 24.3 Å². The first kappa shape index (κ1) is 27.7. The van der Waals surface area contributed by atoms with E-state index in [2.05, 4.69) is 20.6 Å². The van der Waals surface area contributed by atoms with E-state index >= 15 is 0 Å².